The highest BCUT2D eigenvalue weighted by Gasteiger charge is 2.29. The number of aryl methyl sites for hydroxylation is 1. The summed E-state index contributed by atoms with van der Waals surface area (Å²) in [6, 6.07) is 10.1. The molecular formula is C18H18ClF3N2O. The van der Waals surface area contributed by atoms with Gasteiger partial charge in [0.2, 0.25) is 5.91 Å². The van der Waals surface area contributed by atoms with E-state index in [1.165, 1.54) is 12.1 Å². The van der Waals surface area contributed by atoms with E-state index < -0.39 is 11.7 Å². The van der Waals surface area contributed by atoms with Gasteiger partial charge in [-0.25, -0.2) is 0 Å². The first kappa shape index (κ1) is 19.3. The molecule has 0 fully saturated rings. The second kappa shape index (κ2) is 7.89. The van der Waals surface area contributed by atoms with E-state index >= 15 is 0 Å². The SMILES string of the molecule is Cc1cc(Cl)ccc1NC(=O)CN(C)Cc1ccc(C(F)(F)F)cc1. The summed E-state index contributed by atoms with van der Waals surface area (Å²) >= 11 is 5.88. The number of likely N-dealkylation sites (N-methyl/N-ethyl adjacent to an activating group) is 1. The molecule has 0 spiro atoms. The fraction of sp³-hybridized carbons (Fsp3) is 0.278. The number of hydrogen-bond acceptors (Lipinski definition) is 2. The Hall–Kier alpha value is -2.05. The van der Waals surface area contributed by atoms with Crippen molar-refractivity contribution in [3.05, 3.63) is 64.2 Å². The van der Waals surface area contributed by atoms with Crippen molar-refractivity contribution in [2.24, 2.45) is 0 Å². The Morgan fingerprint density at radius 1 is 1.16 bits per heavy atom. The van der Waals surface area contributed by atoms with E-state index in [1.807, 2.05) is 6.92 Å². The summed E-state index contributed by atoms with van der Waals surface area (Å²) in [5, 5.41) is 3.39. The van der Waals surface area contributed by atoms with Crippen molar-refractivity contribution in [2.45, 2.75) is 19.6 Å². The van der Waals surface area contributed by atoms with Gasteiger partial charge < -0.3 is 5.32 Å². The van der Waals surface area contributed by atoms with Gasteiger partial charge >= 0.3 is 6.18 Å². The average Bonchev–Trinajstić information content (AvgIpc) is 2.49. The number of carbonyl (C=O) groups excluding carboxylic acids is 1. The van der Waals surface area contributed by atoms with Crippen LogP contribution in [0.3, 0.4) is 0 Å². The molecule has 0 aliphatic rings. The van der Waals surface area contributed by atoms with Crippen molar-refractivity contribution in [1.29, 1.82) is 0 Å². The molecule has 134 valence electrons. The van der Waals surface area contributed by atoms with Crippen LogP contribution in [0.4, 0.5) is 18.9 Å². The Balaban J connectivity index is 1.91. The minimum absolute atomic E-state index is 0.114. The van der Waals surface area contributed by atoms with Crippen LogP contribution in [0.1, 0.15) is 16.7 Å². The number of rotatable bonds is 5. The van der Waals surface area contributed by atoms with E-state index in [1.54, 1.807) is 30.1 Å². The summed E-state index contributed by atoms with van der Waals surface area (Å²) in [6.45, 7) is 2.32. The van der Waals surface area contributed by atoms with E-state index in [-0.39, 0.29) is 12.5 Å². The number of anilines is 1. The van der Waals surface area contributed by atoms with Crippen molar-refractivity contribution in [1.82, 2.24) is 4.90 Å². The van der Waals surface area contributed by atoms with Gasteiger partial charge in [0, 0.05) is 17.3 Å². The summed E-state index contributed by atoms with van der Waals surface area (Å²) in [6.07, 6.45) is -4.35. The molecule has 0 atom stereocenters. The molecule has 2 aromatic carbocycles. The van der Waals surface area contributed by atoms with Gasteiger partial charge in [-0.15, -0.1) is 0 Å². The molecule has 0 aliphatic carbocycles. The van der Waals surface area contributed by atoms with Crippen LogP contribution in [-0.2, 0) is 17.5 Å². The van der Waals surface area contributed by atoms with E-state index in [4.69, 9.17) is 11.6 Å². The maximum absolute atomic E-state index is 12.5. The summed E-state index contributed by atoms with van der Waals surface area (Å²) in [7, 11) is 1.73. The first-order chi connectivity index (χ1) is 11.6. The van der Waals surface area contributed by atoms with Crippen LogP contribution >= 0.6 is 11.6 Å². The number of amides is 1. The maximum Gasteiger partial charge on any atom is 0.416 e. The second-order valence-corrected chi connectivity index (χ2v) is 6.31. The Morgan fingerprint density at radius 2 is 1.80 bits per heavy atom. The molecule has 25 heavy (non-hydrogen) atoms. The van der Waals surface area contributed by atoms with Gasteiger partial charge in [0.05, 0.1) is 12.1 Å². The van der Waals surface area contributed by atoms with E-state index in [9.17, 15) is 18.0 Å². The highest BCUT2D eigenvalue weighted by atomic mass is 35.5. The largest absolute Gasteiger partial charge is 0.416 e. The van der Waals surface area contributed by atoms with E-state index in [0.29, 0.717) is 22.8 Å². The van der Waals surface area contributed by atoms with Crippen molar-refractivity contribution < 1.29 is 18.0 Å². The first-order valence-electron chi connectivity index (χ1n) is 7.56. The van der Waals surface area contributed by atoms with Crippen molar-refractivity contribution in [3.63, 3.8) is 0 Å². The Kier molecular flexibility index (Phi) is 6.08. The molecule has 0 aliphatic heterocycles. The molecule has 7 heteroatoms. The molecular weight excluding hydrogens is 353 g/mol. The van der Waals surface area contributed by atoms with E-state index in [0.717, 1.165) is 17.7 Å². The molecule has 0 unspecified atom stereocenters. The summed E-state index contributed by atoms with van der Waals surface area (Å²) in [4.78, 5) is 13.8. The van der Waals surface area contributed by atoms with Crippen LogP contribution in [0.2, 0.25) is 5.02 Å². The van der Waals surface area contributed by atoms with Crippen LogP contribution < -0.4 is 5.32 Å². The van der Waals surface area contributed by atoms with Gasteiger partial charge in [-0.1, -0.05) is 23.7 Å². The normalized spacial score (nSPS) is 11.6. The molecule has 2 aromatic rings. The minimum Gasteiger partial charge on any atom is -0.325 e. The number of halogens is 4. The standard InChI is InChI=1S/C18H18ClF3N2O/c1-12-9-15(19)7-8-16(12)23-17(25)11-24(2)10-13-3-5-14(6-4-13)18(20,21)22/h3-9H,10-11H2,1-2H3,(H,23,25). The third-order valence-corrected chi connectivity index (χ3v) is 3.84. The van der Waals surface area contributed by atoms with Crippen LogP contribution in [0.15, 0.2) is 42.5 Å². The maximum atomic E-state index is 12.5. The number of benzene rings is 2. The molecule has 2 rings (SSSR count). The fourth-order valence-corrected chi connectivity index (χ4v) is 2.60. The number of nitrogens with zero attached hydrogens (tertiary/aromatic N) is 1. The number of carbonyl (C=O) groups is 1. The highest BCUT2D eigenvalue weighted by molar-refractivity contribution is 6.30. The second-order valence-electron chi connectivity index (χ2n) is 5.87. The molecule has 1 N–H and O–H groups in total. The minimum atomic E-state index is -4.35. The van der Waals surface area contributed by atoms with Gasteiger partial charge in [-0.3, -0.25) is 9.69 Å². The molecule has 0 heterocycles. The van der Waals surface area contributed by atoms with Crippen molar-refractivity contribution >= 4 is 23.2 Å². The number of hydrogen-bond donors (Lipinski definition) is 1. The lowest BCUT2D eigenvalue weighted by Gasteiger charge is -2.17. The summed E-state index contributed by atoms with van der Waals surface area (Å²) in [5.41, 5.74) is 1.55. The quantitative estimate of drug-likeness (QED) is 0.824. The van der Waals surface area contributed by atoms with Gasteiger partial charge in [0.25, 0.3) is 0 Å². The molecule has 0 aromatic heterocycles. The number of nitrogens with one attached hydrogen (secondary N) is 1. The third-order valence-electron chi connectivity index (χ3n) is 3.61. The smallest absolute Gasteiger partial charge is 0.325 e. The average molecular weight is 371 g/mol. The molecule has 0 saturated carbocycles. The lowest BCUT2D eigenvalue weighted by Crippen LogP contribution is -2.30. The lowest BCUT2D eigenvalue weighted by atomic mass is 10.1. The molecule has 0 radical (unpaired) electrons. The zero-order valence-electron chi connectivity index (χ0n) is 13.8. The van der Waals surface area contributed by atoms with E-state index in [2.05, 4.69) is 5.32 Å². The molecule has 1 amide bonds. The van der Waals surface area contributed by atoms with Gasteiger partial charge in [0.15, 0.2) is 0 Å². The molecule has 0 saturated heterocycles. The Bertz CT molecular complexity index is 745. The third kappa shape index (κ3) is 5.76. The Labute approximate surface area is 149 Å². The monoisotopic (exact) mass is 370 g/mol. The van der Waals surface area contributed by atoms with Gasteiger partial charge in [0.1, 0.15) is 0 Å². The lowest BCUT2D eigenvalue weighted by molar-refractivity contribution is -0.137. The van der Waals surface area contributed by atoms with Crippen molar-refractivity contribution in [3.8, 4) is 0 Å². The zero-order valence-corrected chi connectivity index (χ0v) is 14.6. The molecule has 3 nitrogen and oxygen atoms in total. The van der Waals surface area contributed by atoms with Gasteiger partial charge in [-0.05, 0) is 55.4 Å². The zero-order chi connectivity index (χ0) is 18.6. The van der Waals surface area contributed by atoms with Crippen molar-refractivity contribution in [2.75, 3.05) is 18.9 Å². The Morgan fingerprint density at radius 3 is 2.36 bits per heavy atom. The van der Waals surface area contributed by atoms with Crippen LogP contribution in [0.5, 0.6) is 0 Å². The van der Waals surface area contributed by atoms with Crippen LogP contribution in [0, 0.1) is 6.92 Å². The first-order valence-corrected chi connectivity index (χ1v) is 7.93. The molecule has 0 bridgehead atoms. The van der Waals surface area contributed by atoms with Crippen LogP contribution in [-0.4, -0.2) is 24.4 Å². The predicted octanol–water partition coefficient (Wildman–Crippen LogP) is 4.74. The summed E-state index contributed by atoms with van der Waals surface area (Å²) < 4.78 is 37.6. The van der Waals surface area contributed by atoms with Crippen LogP contribution in [0.25, 0.3) is 0 Å². The predicted molar refractivity (Wildman–Crippen MR) is 92.6 cm³/mol. The topological polar surface area (TPSA) is 32.3 Å². The fourth-order valence-electron chi connectivity index (χ4n) is 2.37. The summed E-state index contributed by atoms with van der Waals surface area (Å²) in [5.74, 6) is -0.208. The number of alkyl halides is 3. The van der Waals surface area contributed by atoms with Gasteiger partial charge in [-0.2, -0.15) is 13.2 Å². The highest BCUT2D eigenvalue weighted by Crippen LogP contribution is 2.29.